The van der Waals surface area contributed by atoms with E-state index in [1.165, 1.54) is 5.69 Å². The highest BCUT2D eigenvalue weighted by molar-refractivity contribution is 5.95. The van der Waals surface area contributed by atoms with Gasteiger partial charge < -0.3 is 23.7 Å². The molecule has 0 atom stereocenters. The highest BCUT2D eigenvalue weighted by atomic mass is 16.6. The van der Waals surface area contributed by atoms with E-state index in [0.717, 1.165) is 18.5 Å². The van der Waals surface area contributed by atoms with Crippen LogP contribution in [0.25, 0.3) is 16.1 Å². The molecule has 34 heavy (non-hydrogen) atoms. The summed E-state index contributed by atoms with van der Waals surface area (Å²) in [6, 6.07) is 17.3. The van der Waals surface area contributed by atoms with E-state index in [4.69, 9.17) is 19.7 Å². The Balaban J connectivity index is 1.23. The van der Waals surface area contributed by atoms with Gasteiger partial charge in [-0.25, -0.2) is 0 Å². The maximum atomic E-state index is 13.1. The lowest BCUT2D eigenvalue weighted by Gasteiger charge is -2.33. The van der Waals surface area contributed by atoms with Gasteiger partial charge in [0.25, 0.3) is 5.91 Å². The number of aromatic nitrogens is 1. The minimum Gasteiger partial charge on any atom is -0.488 e. The second-order valence-corrected chi connectivity index (χ2v) is 8.23. The van der Waals surface area contributed by atoms with Crippen LogP contribution in [0.3, 0.4) is 0 Å². The van der Waals surface area contributed by atoms with Crippen molar-refractivity contribution in [1.82, 2.24) is 9.47 Å². The summed E-state index contributed by atoms with van der Waals surface area (Å²) in [5.41, 5.74) is 11.3. The van der Waals surface area contributed by atoms with E-state index >= 15 is 0 Å². The summed E-state index contributed by atoms with van der Waals surface area (Å²) in [5, 5.41) is 3.38. The lowest BCUT2D eigenvalue weighted by molar-refractivity contribution is 0.0710. The molecule has 9 nitrogen and oxygen atoms in total. The maximum Gasteiger partial charge on any atom is 0.253 e. The molecule has 0 aliphatic carbocycles. The predicted octanol–water partition coefficient (Wildman–Crippen LogP) is 4.91. The lowest BCUT2D eigenvalue weighted by atomic mass is 9.93. The van der Waals surface area contributed by atoms with Crippen molar-refractivity contribution in [3.8, 4) is 22.9 Å². The summed E-state index contributed by atoms with van der Waals surface area (Å²) in [7, 11) is 0. The molecule has 0 bridgehead atoms. The zero-order valence-electron chi connectivity index (χ0n) is 18.7. The number of hydrogen-bond donors (Lipinski definition) is 0. The van der Waals surface area contributed by atoms with E-state index in [1.54, 1.807) is 6.07 Å². The maximum absolute atomic E-state index is 13.1. The third-order valence-corrected chi connectivity index (χ3v) is 6.24. The van der Waals surface area contributed by atoms with Gasteiger partial charge in [-0.05, 0) is 73.0 Å². The number of amides is 1. The van der Waals surface area contributed by atoms with Crippen molar-refractivity contribution in [2.75, 3.05) is 33.0 Å². The van der Waals surface area contributed by atoms with Crippen molar-refractivity contribution >= 4 is 5.91 Å². The van der Waals surface area contributed by atoms with Crippen molar-refractivity contribution in [2.45, 2.75) is 18.8 Å². The molecule has 9 heteroatoms. The Morgan fingerprint density at radius 3 is 2.59 bits per heavy atom. The van der Waals surface area contributed by atoms with Gasteiger partial charge in [-0.15, -0.1) is 0 Å². The van der Waals surface area contributed by atoms with Gasteiger partial charge >= 0.3 is 0 Å². The number of piperidine rings is 1. The first-order valence-corrected chi connectivity index (χ1v) is 11.3. The number of fused-ring (bicyclic) bond motifs is 1. The van der Waals surface area contributed by atoms with E-state index in [-0.39, 0.29) is 12.6 Å². The molecular formula is C25H25N5O4. The van der Waals surface area contributed by atoms with Gasteiger partial charge in [0.15, 0.2) is 18.2 Å². The van der Waals surface area contributed by atoms with Gasteiger partial charge in [-0.1, -0.05) is 5.11 Å². The molecule has 0 spiro atoms. The number of benzene rings is 2. The Morgan fingerprint density at radius 2 is 1.82 bits per heavy atom. The smallest absolute Gasteiger partial charge is 0.253 e. The summed E-state index contributed by atoms with van der Waals surface area (Å²) in [6.07, 6.45) is 3.85. The summed E-state index contributed by atoms with van der Waals surface area (Å²) in [4.78, 5) is 17.7. The van der Waals surface area contributed by atoms with Crippen molar-refractivity contribution in [2.24, 2.45) is 5.11 Å². The Hall–Kier alpha value is -4.10. The van der Waals surface area contributed by atoms with Crippen molar-refractivity contribution in [3.63, 3.8) is 0 Å². The first-order valence-electron chi connectivity index (χ1n) is 11.3. The minimum atomic E-state index is -0.0336. The number of likely N-dealkylation sites (tertiary alicyclic amines) is 1. The van der Waals surface area contributed by atoms with Gasteiger partial charge in [-0.3, -0.25) is 4.79 Å². The van der Waals surface area contributed by atoms with Crippen molar-refractivity contribution in [3.05, 3.63) is 82.5 Å². The largest absolute Gasteiger partial charge is 0.488 e. The van der Waals surface area contributed by atoms with Crippen LogP contribution in [0.1, 0.15) is 34.8 Å². The van der Waals surface area contributed by atoms with Crippen LogP contribution in [0.15, 0.2) is 65.9 Å². The van der Waals surface area contributed by atoms with E-state index in [0.29, 0.717) is 55.0 Å². The van der Waals surface area contributed by atoms with Gasteiger partial charge in [0.2, 0.25) is 0 Å². The molecule has 1 aromatic heterocycles. The number of ether oxygens (including phenoxy) is 3. The Kier molecular flexibility index (Phi) is 6.27. The zero-order valence-corrected chi connectivity index (χ0v) is 18.7. The molecule has 2 aliphatic heterocycles. The quantitative estimate of drug-likeness (QED) is 0.297. The van der Waals surface area contributed by atoms with Crippen LogP contribution in [0.2, 0.25) is 0 Å². The second kappa shape index (κ2) is 9.80. The van der Waals surface area contributed by atoms with Crippen LogP contribution in [0.5, 0.6) is 17.2 Å². The number of carbonyl (C=O) groups is 1. The molecule has 174 valence electrons. The number of rotatable bonds is 6. The van der Waals surface area contributed by atoms with Crippen LogP contribution < -0.4 is 14.2 Å². The molecule has 3 aromatic rings. The molecular weight excluding hydrogens is 434 g/mol. The summed E-state index contributed by atoms with van der Waals surface area (Å²) in [6.45, 7) is 2.41. The minimum absolute atomic E-state index is 0.0297. The molecule has 1 saturated heterocycles. The number of carbonyl (C=O) groups excluding carboxylic acids is 1. The Bertz CT molecular complexity index is 1210. The van der Waals surface area contributed by atoms with Crippen LogP contribution >= 0.6 is 0 Å². The average molecular weight is 460 g/mol. The normalized spacial score (nSPS) is 15.5. The van der Waals surface area contributed by atoms with Gasteiger partial charge in [0.1, 0.15) is 19.0 Å². The third-order valence-electron chi connectivity index (χ3n) is 6.24. The highest BCUT2D eigenvalue weighted by Crippen LogP contribution is 2.33. The van der Waals surface area contributed by atoms with Crippen molar-refractivity contribution in [1.29, 1.82) is 0 Å². The molecule has 3 heterocycles. The molecule has 2 aromatic carbocycles. The Labute approximate surface area is 197 Å². The number of nitrogens with zero attached hydrogens (tertiary/aromatic N) is 5. The summed E-state index contributed by atoms with van der Waals surface area (Å²) < 4.78 is 18.8. The second-order valence-electron chi connectivity index (χ2n) is 8.23. The first kappa shape index (κ1) is 21.7. The van der Waals surface area contributed by atoms with Gasteiger partial charge in [0.05, 0.1) is 0 Å². The molecule has 5 rings (SSSR count). The molecule has 1 amide bonds. The fraction of sp³-hybridized carbons (Fsp3) is 0.320. The summed E-state index contributed by atoms with van der Waals surface area (Å²) in [5.74, 6) is 2.37. The fourth-order valence-corrected chi connectivity index (χ4v) is 4.53. The van der Waals surface area contributed by atoms with Crippen LogP contribution in [0, 0.1) is 0 Å². The van der Waals surface area contributed by atoms with E-state index in [1.807, 2.05) is 47.4 Å². The number of azide groups is 1. The standard InChI is InChI=1S/C25H25N5O4/c26-28-27-17-34-21-6-4-20(5-7-21)30-11-1-2-22(30)18-9-12-29(13-10-18)25(31)19-3-8-23-24(16-19)33-15-14-32-23/h1-8,11,16,18H,9-10,12-15,17H2. The molecule has 0 radical (unpaired) electrons. The molecule has 0 N–H and O–H groups in total. The monoisotopic (exact) mass is 459 g/mol. The predicted molar refractivity (Wildman–Crippen MR) is 126 cm³/mol. The first-order chi connectivity index (χ1) is 16.7. The molecule has 0 unspecified atom stereocenters. The average Bonchev–Trinajstić information content (AvgIpc) is 3.39. The lowest BCUT2D eigenvalue weighted by Crippen LogP contribution is -2.38. The SMILES string of the molecule is [N-]=[N+]=NCOc1ccc(-n2cccc2C2CCN(C(=O)c3ccc4c(c3)OCCO4)CC2)cc1. The number of hydrogen-bond acceptors (Lipinski definition) is 5. The van der Waals surface area contributed by atoms with Crippen LogP contribution in [-0.2, 0) is 0 Å². The topological polar surface area (TPSA) is 102 Å². The van der Waals surface area contributed by atoms with Crippen LogP contribution in [0.4, 0.5) is 0 Å². The van der Waals surface area contributed by atoms with E-state index < -0.39 is 0 Å². The molecule has 0 saturated carbocycles. The van der Waals surface area contributed by atoms with E-state index in [2.05, 4.69) is 26.9 Å². The third kappa shape index (κ3) is 4.51. The van der Waals surface area contributed by atoms with Crippen LogP contribution in [-0.4, -0.2) is 48.4 Å². The zero-order chi connectivity index (χ0) is 23.3. The van der Waals surface area contributed by atoms with Crippen molar-refractivity contribution < 1.29 is 19.0 Å². The van der Waals surface area contributed by atoms with E-state index in [9.17, 15) is 4.79 Å². The van der Waals surface area contributed by atoms with Gasteiger partial charge in [-0.2, -0.15) is 0 Å². The van der Waals surface area contributed by atoms with Gasteiger partial charge in [0, 0.05) is 47.1 Å². The fourth-order valence-electron chi connectivity index (χ4n) is 4.53. The molecule has 1 fully saturated rings. The molecule has 2 aliphatic rings. The highest BCUT2D eigenvalue weighted by Gasteiger charge is 2.27. The Morgan fingerprint density at radius 1 is 1.06 bits per heavy atom. The summed E-state index contributed by atoms with van der Waals surface area (Å²) >= 11 is 0.